The molecule has 17 heavy (non-hydrogen) atoms. The maximum atomic E-state index is 11.9. The van der Waals surface area contributed by atoms with E-state index in [-0.39, 0.29) is 11.3 Å². The summed E-state index contributed by atoms with van der Waals surface area (Å²) in [6, 6.07) is 7.39. The Labute approximate surface area is 99.6 Å². The van der Waals surface area contributed by atoms with Gasteiger partial charge < -0.3 is 10.2 Å². The molecule has 0 unspecified atom stereocenters. The highest BCUT2D eigenvalue weighted by Crippen LogP contribution is 2.53. The van der Waals surface area contributed by atoms with E-state index >= 15 is 0 Å². The largest absolute Gasteiger partial charge is 0.329 e. The lowest BCUT2D eigenvalue weighted by Crippen LogP contribution is -2.24. The van der Waals surface area contributed by atoms with Crippen molar-refractivity contribution >= 4 is 23.7 Å². The van der Waals surface area contributed by atoms with Gasteiger partial charge in [0.05, 0.1) is 0 Å². The first-order valence-corrected chi connectivity index (χ1v) is 5.83. The van der Waals surface area contributed by atoms with Crippen LogP contribution >= 0.6 is 0 Å². The topological polar surface area (TPSA) is 49.4 Å². The van der Waals surface area contributed by atoms with Crippen molar-refractivity contribution in [2.45, 2.75) is 19.3 Å². The molecule has 1 aliphatic heterocycles. The fourth-order valence-corrected chi connectivity index (χ4v) is 2.45. The lowest BCUT2D eigenvalue weighted by atomic mass is 10.1. The first-order valence-electron chi connectivity index (χ1n) is 5.83. The highest BCUT2D eigenvalue weighted by molar-refractivity contribution is 5.97. The standard InChI is InChI=1S/C13H14N2O2/c16-9-14-10-1-3-11(4-2-10)15-8-13(5-6-13)7-12(15)17/h1-4,9H,5-8H2,(H,14,16). The van der Waals surface area contributed by atoms with Crippen LogP contribution in [0.15, 0.2) is 24.3 Å². The van der Waals surface area contributed by atoms with E-state index in [1.54, 1.807) is 0 Å². The zero-order chi connectivity index (χ0) is 11.9. The summed E-state index contributed by atoms with van der Waals surface area (Å²) < 4.78 is 0. The minimum atomic E-state index is 0.221. The van der Waals surface area contributed by atoms with Gasteiger partial charge in [-0.15, -0.1) is 0 Å². The molecule has 0 bridgehead atoms. The van der Waals surface area contributed by atoms with Crippen molar-refractivity contribution in [2.24, 2.45) is 5.41 Å². The van der Waals surface area contributed by atoms with Crippen LogP contribution in [0.1, 0.15) is 19.3 Å². The van der Waals surface area contributed by atoms with Crippen molar-refractivity contribution in [2.75, 3.05) is 16.8 Å². The van der Waals surface area contributed by atoms with Crippen LogP contribution in [-0.4, -0.2) is 18.9 Å². The number of carbonyl (C=O) groups is 2. The van der Waals surface area contributed by atoms with E-state index in [9.17, 15) is 9.59 Å². The van der Waals surface area contributed by atoms with E-state index in [1.807, 2.05) is 29.2 Å². The molecule has 1 aliphatic carbocycles. The molecule has 1 spiro atoms. The SMILES string of the molecule is O=CNc1ccc(N2CC3(CC3)CC2=O)cc1. The van der Waals surface area contributed by atoms with Gasteiger partial charge in [0.2, 0.25) is 12.3 Å². The van der Waals surface area contributed by atoms with E-state index in [2.05, 4.69) is 5.32 Å². The number of carbonyl (C=O) groups excluding carboxylic acids is 2. The number of nitrogens with one attached hydrogen (secondary N) is 1. The quantitative estimate of drug-likeness (QED) is 0.804. The molecule has 4 nitrogen and oxygen atoms in total. The van der Waals surface area contributed by atoms with E-state index in [4.69, 9.17) is 0 Å². The molecule has 2 aliphatic rings. The summed E-state index contributed by atoms with van der Waals surface area (Å²) in [5.74, 6) is 0.221. The van der Waals surface area contributed by atoms with Crippen LogP contribution in [0.3, 0.4) is 0 Å². The smallest absolute Gasteiger partial charge is 0.227 e. The lowest BCUT2D eigenvalue weighted by Gasteiger charge is -2.16. The third kappa shape index (κ3) is 1.79. The van der Waals surface area contributed by atoms with Crippen molar-refractivity contribution < 1.29 is 9.59 Å². The number of nitrogens with zero attached hydrogens (tertiary/aromatic N) is 1. The van der Waals surface area contributed by atoms with Crippen molar-refractivity contribution in [3.63, 3.8) is 0 Å². The summed E-state index contributed by atoms with van der Waals surface area (Å²) in [7, 11) is 0. The van der Waals surface area contributed by atoms with Crippen LogP contribution in [0.2, 0.25) is 0 Å². The lowest BCUT2D eigenvalue weighted by molar-refractivity contribution is -0.117. The number of hydrogen-bond acceptors (Lipinski definition) is 2. The van der Waals surface area contributed by atoms with E-state index in [0.29, 0.717) is 12.8 Å². The molecular formula is C13H14N2O2. The summed E-state index contributed by atoms with van der Waals surface area (Å²) in [5, 5.41) is 2.58. The maximum absolute atomic E-state index is 11.9. The maximum Gasteiger partial charge on any atom is 0.227 e. The van der Waals surface area contributed by atoms with Gasteiger partial charge in [-0.2, -0.15) is 0 Å². The third-order valence-corrected chi connectivity index (χ3v) is 3.68. The highest BCUT2D eigenvalue weighted by atomic mass is 16.2. The van der Waals surface area contributed by atoms with Crippen LogP contribution in [0, 0.1) is 5.41 Å². The van der Waals surface area contributed by atoms with Crippen LogP contribution in [0.4, 0.5) is 11.4 Å². The minimum absolute atomic E-state index is 0.221. The van der Waals surface area contributed by atoms with Crippen LogP contribution < -0.4 is 10.2 Å². The van der Waals surface area contributed by atoms with Crippen LogP contribution in [-0.2, 0) is 9.59 Å². The Morgan fingerprint density at radius 1 is 1.24 bits per heavy atom. The Hall–Kier alpha value is -1.84. The zero-order valence-corrected chi connectivity index (χ0v) is 9.48. The number of rotatable bonds is 3. The van der Waals surface area contributed by atoms with Gasteiger partial charge in [-0.1, -0.05) is 0 Å². The molecule has 4 heteroatoms. The molecule has 2 fully saturated rings. The molecule has 1 aromatic rings. The summed E-state index contributed by atoms with van der Waals surface area (Å²) in [6.07, 6.45) is 3.70. The second-order valence-electron chi connectivity index (χ2n) is 4.97. The first-order chi connectivity index (χ1) is 8.22. The molecule has 2 amide bonds. The Bertz CT molecular complexity index is 463. The number of anilines is 2. The molecule has 1 aromatic carbocycles. The second-order valence-corrected chi connectivity index (χ2v) is 4.97. The molecule has 0 radical (unpaired) electrons. The molecular weight excluding hydrogens is 216 g/mol. The zero-order valence-electron chi connectivity index (χ0n) is 9.48. The third-order valence-electron chi connectivity index (χ3n) is 3.68. The molecule has 0 aromatic heterocycles. The van der Waals surface area contributed by atoms with Gasteiger partial charge in [0, 0.05) is 24.3 Å². The molecule has 1 heterocycles. The Morgan fingerprint density at radius 2 is 1.94 bits per heavy atom. The molecule has 88 valence electrons. The molecule has 0 atom stereocenters. The predicted molar refractivity (Wildman–Crippen MR) is 64.8 cm³/mol. The minimum Gasteiger partial charge on any atom is -0.329 e. The Kier molecular flexibility index (Phi) is 2.18. The van der Waals surface area contributed by atoms with Crippen LogP contribution in [0.25, 0.3) is 0 Å². The first kappa shape index (κ1) is 10.3. The second kappa shape index (κ2) is 3.58. The average molecular weight is 230 g/mol. The van der Waals surface area contributed by atoms with E-state index in [0.717, 1.165) is 17.9 Å². The summed E-state index contributed by atoms with van der Waals surface area (Å²) in [5.41, 5.74) is 1.96. The normalized spacial score (nSPS) is 20.7. The highest BCUT2D eigenvalue weighted by Gasteiger charge is 2.51. The molecule has 3 rings (SSSR count). The van der Waals surface area contributed by atoms with Crippen LogP contribution in [0.5, 0.6) is 0 Å². The van der Waals surface area contributed by atoms with Crippen molar-refractivity contribution in [1.82, 2.24) is 0 Å². The van der Waals surface area contributed by atoms with Gasteiger partial charge in [-0.3, -0.25) is 9.59 Å². The van der Waals surface area contributed by atoms with Crippen molar-refractivity contribution in [1.29, 1.82) is 0 Å². The fourth-order valence-electron chi connectivity index (χ4n) is 2.45. The number of amides is 2. The van der Waals surface area contributed by atoms with Crippen molar-refractivity contribution in [3.05, 3.63) is 24.3 Å². The predicted octanol–water partition coefficient (Wildman–Crippen LogP) is 1.77. The number of benzene rings is 1. The summed E-state index contributed by atoms with van der Waals surface area (Å²) >= 11 is 0. The number of hydrogen-bond donors (Lipinski definition) is 1. The van der Waals surface area contributed by atoms with Gasteiger partial charge >= 0.3 is 0 Å². The van der Waals surface area contributed by atoms with Gasteiger partial charge in [0.1, 0.15) is 0 Å². The fraction of sp³-hybridized carbons (Fsp3) is 0.385. The summed E-state index contributed by atoms with van der Waals surface area (Å²) in [6.45, 7) is 0.853. The van der Waals surface area contributed by atoms with Gasteiger partial charge in [0.25, 0.3) is 0 Å². The molecule has 1 saturated carbocycles. The molecule has 1 saturated heterocycles. The van der Waals surface area contributed by atoms with Gasteiger partial charge in [-0.25, -0.2) is 0 Å². The monoisotopic (exact) mass is 230 g/mol. The van der Waals surface area contributed by atoms with Gasteiger partial charge in [0.15, 0.2) is 0 Å². The van der Waals surface area contributed by atoms with Gasteiger partial charge in [-0.05, 0) is 42.5 Å². The Balaban J connectivity index is 1.79. The summed E-state index contributed by atoms with van der Waals surface area (Å²) in [4.78, 5) is 24.0. The van der Waals surface area contributed by atoms with E-state index in [1.165, 1.54) is 12.8 Å². The van der Waals surface area contributed by atoms with E-state index < -0.39 is 0 Å². The van der Waals surface area contributed by atoms with Crippen molar-refractivity contribution in [3.8, 4) is 0 Å². The average Bonchev–Trinajstić information content (AvgIpc) is 2.98. The Morgan fingerprint density at radius 3 is 2.47 bits per heavy atom. The molecule has 1 N–H and O–H groups in total.